The predicted octanol–water partition coefficient (Wildman–Crippen LogP) is 3.85. The molecule has 0 amide bonds. The molecule has 0 aromatic heterocycles. The van der Waals surface area contributed by atoms with Gasteiger partial charge in [-0.05, 0) is 36.2 Å². The normalized spacial score (nSPS) is 9.94. The van der Waals surface area contributed by atoms with Gasteiger partial charge in [-0.1, -0.05) is 31.2 Å². The molecule has 2 aromatic rings. The zero-order valence-electron chi connectivity index (χ0n) is 9.72. The van der Waals surface area contributed by atoms with Gasteiger partial charge < -0.3 is 4.74 Å². The van der Waals surface area contributed by atoms with Gasteiger partial charge in [-0.25, -0.2) is 0 Å². The van der Waals surface area contributed by atoms with Crippen molar-refractivity contribution in [3.05, 3.63) is 59.7 Å². The first-order chi connectivity index (χ1) is 8.31. The van der Waals surface area contributed by atoms with Gasteiger partial charge in [0.05, 0.1) is 0 Å². The van der Waals surface area contributed by atoms with E-state index in [4.69, 9.17) is 4.74 Å². The zero-order chi connectivity index (χ0) is 12.1. The maximum atomic E-state index is 10.6. The molecular weight excluding hydrogens is 212 g/mol. The summed E-state index contributed by atoms with van der Waals surface area (Å²) >= 11 is 0. The van der Waals surface area contributed by atoms with Crippen LogP contribution < -0.4 is 4.74 Å². The van der Waals surface area contributed by atoms with Crippen molar-refractivity contribution in [2.24, 2.45) is 0 Å². The molecule has 0 heterocycles. The first-order valence-electron chi connectivity index (χ1n) is 5.64. The standard InChI is InChI=1S/C15H14O2/c1-2-12-6-8-14(9-7-12)17-15-5-3-4-13(10-15)11-16/h3-11H,2H2,1H3. The van der Waals surface area contributed by atoms with Crippen LogP contribution in [-0.2, 0) is 6.42 Å². The van der Waals surface area contributed by atoms with E-state index in [-0.39, 0.29) is 0 Å². The number of benzene rings is 2. The summed E-state index contributed by atoms with van der Waals surface area (Å²) in [4.78, 5) is 10.6. The van der Waals surface area contributed by atoms with E-state index >= 15 is 0 Å². The number of carbonyl (C=O) groups excluding carboxylic acids is 1. The van der Waals surface area contributed by atoms with E-state index in [1.807, 2.05) is 30.3 Å². The molecule has 0 spiro atoms. The Labute approximate surface area is 101 Å². The van der Waals surface area contributed by atoms with E-state index in [2.05, 4.69) is 6.92 Å². The van der Waals surface area contributed by atoms with Crippen molar-refractivity contribution in [1.82, 2.24) is 0 Å². The van der Waals surface area contributed by atoms with Crippen LogP contribution in [0.15, 0.2) is 48.5 Å². The number of aldehydes is 1. The number of hydrogen-bond donors (Lipinski definition) is 0. The fourth-order valence-corrected chi connectivity index (χ4v) is 1.58. The molecule has 0 bridgehead atoms. The minimum absolute atomic E-state index is 0.618. The van der Waals surface area contributed by atoms with Gasteiger partial charge in [-0.15, -0.1) is 0 Å². The second-order valence-electron chi connectivity index (χ2n) is 3.79. The maximum absolute atomic E-state index is 10.6. The van der Waals surface area contributed by atoms with Crippen LogP contribution in [0.25, 0.3) is 0 Å². The number of carbonyl (C=O) groups is 1. The molecule has 0 saturated carbocycles. The van der Waals surface area contributed by atoms with Crippen LogP contribution in [0, 0.1) is 0 Å². The monoisotopic (exact) mass is 226 g/mol. The highest BCUT2D eigenvalue weighted by Crippen LogP contribution is 2.22. The SMILES string of the molecule is CCc1ccc(Oc2cccc(C=O)c2)cc1. The van der Waals surface area contributed by atoms with Crippen molar-refractivity contribution in [2.45, 2.75) is 13.3 Å². The van der Waals surface area contributed by atoms with Gasteiger partial charge in [-0.3, -0.25) is 4.79 Å². The van der Waals surface area contributed by atoms with Gasteiger partial charge in [0.25, 0.3) is 0 Å². The lowest BCUT2D eigenvalue weighted by molar-refractivity contribution is 0.112. The van der Waals surface area contributed by atoms with Crippen LogP contribution in [0.5, 0.6) is 11.5 Å². The number of aryl methyl sites for hydroxylation is 1. The summed E-state index contributed by atoms with van der Waals surface area (Å²) in [7, 11) is 0. The van der Waals surface area contributed by atoms with Crippen LogP contribution in [-0.4, -0.2) is 6.29 Å². The topological polar surface area (TPSA) is 26.3 Å². The lowest BCUT2D eigenvalue weighted by Gasteiger charge is -2.06. The first kappa shape index (κ1) is 11.4. The van der Waals surface area contributed by atoms with Crippen molar-refractivity contribution in [3.8, 4) is 11.5 Å². The molecule has 2 nitrogen and oxygen atoms in total. The summed E-state index contributed by atoms with van der Waals surface area (Å²) in [5, 5.41) is 0. The molecule has 0 N–H and O–H groups in total. The van der Waals surface area contributed by atoms with Gasteiger partial charge in [0.1, 0.15) is 17.8 Å². The van der Waals surface area contributed by atoms with Gasteiger partial charge in [0.15, 0.2) is 0 Å². The Balaban J connectivity index is 2.16. The van der Waals surface area contributed by atoms with Gasteiger partial charge in [0.2, 0.25) is 0 Å². The highest BCUT2D eigenvalue weighted by Gasteiger charge is 1.98. The quantitative estimate of drug-likeness (QED) is 0.740. The third-order valence-corrected chi connectivity index (χ3v) is 2.56. The summed E-state index contributed by atoms with van der Waals surface area (Å²) < 4.78 is 5.66. The molecular formula is C15H14O2. The van der Waals surface area contributed by atoms with Crippen molar-refractivity contribution in [3.63, 3.8) is 0 Å². The third kappa shape index (κ3) is 2.94. The minimum atomic E-state index is 0.618. The van der Waals surface area contributed by atoms with E-state index in [9.17, 15) is 4.79 Å². The molecule has 86 valence electrons. The van der Waals surface area contributed by atoms with Crippen molar-refractivity contribution in [1.29, 1.82) is 0 Å². The Morgan fingerprint density at radius 3 is 2.47 bits per heavy atom. The summed E-state index contributed by atoms with van der Waals surface area (Å²) in [5.74, 6) is 1.46. The molecule has 17 heavy (non-hydrogen) atoms. The molecule has 0 aliphatic rings. The Hall–Kier alpha value is -2.09. The Bertz CT molecular complexity index is 501. The van der Waals surface area contributed by atoms with E-state index in [1.165, 1.54) is 5.56 Å². The smallest absolute Gasteiger partial charge is 0.150 e. The average Bonchev–Trinajstić information content (AvgIpc) is 2.40. The fourth-order valence-electron chi connectivity index (χ4n) is 1.58. The molecule has 0 saturated heterocycles. The van der Waals surface area contributed by atoms with Crippen molar-refractivity contribution in [2.75, 3.05) is 0 Å². The molecule has 0 fully saturated rings. The zero-order valence-corrected chi connectivity index (χ0v) is 9.72. The third-order valence-electron chi connectivity index (χ3n) is 2.56. The lowest BCUT2D eigenvalue weighted by atomic mass is 10.2. The van der Waals surface area contributed by atoms with E-state index in [0.29, 0.717) is 11.3 Å². The summed E-state index contributed by atoms with van der Waals surface area (Å²) in [6.07, 6.45) is 1.83. The molecule has 0 unspecified atom stereocenters. The van der Waals surface area contributed by atoms with Gasteiger partial charge >= 0.3 is 0 Å². The van der Waals surface area contributed by atoms with Crippen molar-refractivity contribution < 1.29 is 9.53 Å². The molecule has 0 aliphatic heterocycles. The summed E-state index contributed by atoms with van der Waals surface area (Å²) in [6.45, 7) is 2.11. The lowest BCUT2D eigenvalue weighted by Crippen LogP contribution is -1.87. The molecule has 2 heteroatoms. The number of hydrogen-bond acceptors (Lipinski definition) is 2. The molecule has 2 rings (SSSR count). The maximum Gasteiger partial charge on any atom is 0.150 e. The molecule has 0 aliphatic carbocycles. The first-order valence-corrected chi connectivity index (χ1v) is 5.64. The molecule has 0 radical (unpaired) electrons. The van der Waals surface area contributed by atoms with Gasteiger partial charge in [-0.2, -0.15) is 0 Å². The van der Waals surface area contributed by atoms with Crippen LogP contribution in [0.2, 0.25) is 0 Å². The average molecular weight is 226 g/mol. The second-order valence-corrected chi connectivity index (χ2v) is 3.79. The predicted molar refractivity (Wildman–Crippen MR) is 67.7 cm³/mol. The Kier molecular flexibility index (Phi) is 3.55. The Morgan fingerprint density at radius 2 is 1.82 bits per heavy atom. The Morgan fingerprint density at radius 1 is 1.06 bits per heavy atom. The second kappa shape index (κ2) is 5.30. The van der Waals surface area contributed by atoms with Crippen LogP contribution in [0.1, 0.15) is 22.8 Å². The number of rotatable bonds is 4. The van der Waals surface area contributed by atoms with E-state index < -0.39 is 0 Å². The number of ether oxygens (including phenoxy) is 1. The fraction of sp³-hybridized carbons (Fsp3) is 0.133. The highest BCUT2D eigenvalue weighted by atomic mass is 16.5. The summed E-state index contributed by atoms with van der Waals surface area (Å²) in [5.41, 5.74) is 1.90. The molecule has 2 aromatic carbocycles. The highest BCUT2D eigenvalue weighted by molar-refractivity contribution is 5.75. The van der Waals surface area contributed by atoms with E-state index in [1.54, 1.807) is 18.2 Å². The van der Waals surface area contributed by atoms with Crippen molar-refractivity contribution >= 4 is 6.29 Å². The van der Waals surface area contributed by atoms with Crippen LogP contribution >= 0.6 is 0 Å². The minimum Gasteiger partial charge on any atom is -0.457 e. The van der Waals surface area contributed by atoms with Crippen LogP contribution in [0.4, 0.5) is 0 Å². The van der Waals surface area contributed by atoms with Gasteiger partial charge in [0, 0.05) is 5.56 Å². The van der Waals surface area contributed by atoms with E-state index in [0.717, 1.165) is 18.5 Å². The summed E-state index contributed by atoms with van der Waals surface area (Å²) in [6, 6.07) is 15.1. The largest absolute Gasteiger partial charge is 0.457 e. The molecule has 0 atom stereocenters. The van der Waals surface area contributed by atoms with Crippen LogP contribution in [0.3, 0.4) is 0 Å².